The van der Waals surface area contributed by atoms with Crippen LogP contribution in [0.1, 0.15) is 43.7 Å². The molecule has 3 rings (SSSR count). The van der Waals surface area contributed by atoms with Crippen molar-refractivity contribution in [1.82, 2.24) is 4.90 Å². The molecular weight excluding hydrogens is 278 g/mol. The van der Waals surface area contributed by atoms with Crippen LogP contribution in [0.2, 0.25) is 0 Å². The van der Waals surface area contributed by atoms with E-state index in [0.717, 1.165) is 5.75 Å². The maximum atomic E-state index is 5.82. The fourth-order valence-corrected chi connectivity index (χ4v) is 3.83. The van der Waals surface area contributed by atoms with Crippen LogP contribution in [-0.2, 0) is 9.47 Å². The van der Waals surface area contributed by atoms with Gasteiger partial charge in [-0.2, -0.15) is 0 Å². The Kier molecular flexibility index (Phi) is 5.34. The lowest BCUT2D eigenvalue weighted by Gasteiger charge is -2.45. The average molecular weight is 305 g/mol. The first-order valence-corrected chi connectivity index (χ1v) is 8.33. The summed E-state index contributed by atoms with van der Waals surface area (Å²) in [5.41, 5.74) is 1.26. The van der Waals surface area contributed by atoms with Crippen LogP contribution in [0.3, 0.4) is 0 Å². The van der Waals surface area contributed by atoms with E-state index < -0.39 is 0 Å². The van der Waals surface area contributed by atoms with Gasteiger partial charge in [-0.1, -0.05) is 31.4 Å². The quantitative estimate of drug-likeness (QED) is 0.853. The number of hydrogen-bond donors (Lipinski definition) is 0. The van der Waals surface area contributed by atoms with Crippen LogP contribution in [0.4, 0.5) is 0 Å². The molecule has 2 fully saturated rings. The summed E-state index contributed by atoms with van der Waals surface area (Å²) in [6, 6.07) is 9.23. The summed E-state index contributed by atoms with van der Waals surface area (Å²) in [5, 5.41) is 0. The van der Waals surface area contributed by atoms with Crippen LogP contribution in [-0.4, -0.2) is 44.6 Å². The van der Waals surface area contributed by atoms with Gasteiger partial charge in [0.25, 0.3) is 0 Å². The minimum atomic E-state index is 0.0720. The summed E-state index contributed by atoms with van der Waals surface area (Å²) < 4.78 is 17.0. The Morgan fingerprint density at radius 1 is 1.14 bits per heavy atom. The van der Waals surface area contributed by atoms with Gasteiger partial charge >= 0.3 is 0 Å². The Labute approximate surface area is 133 Å². The van der Waals surface area contributed by atoms with Crippen molar-refractivity contribution in [2.24, 2.45) is 0 Å². The predicted molar refractivity (Wildman–Crippen MR) is 86.1 cm³/mol. The highest BCUT2D eigenvalue weighted by Crippen LogP contribution is 2.36. The number of rotatable bonds is 4. The first-order valence-electron chi connectivity index (χ1n) is 8.33. The van der Waals surface area contributed by atoms with Gasteiger partial charge < -0.3 is 14.2 Å². The number of hydrogen-bond acceptors (Lipinski definition) is 4. The first-order chi connectivity index (χ1) is 10.8. The van der Waals surface area contributed by atoms with Crippen LogP contribution in [0, 0.1) is 0 Å². The van der Waals surface area contributed by atoms with E-state index in [1.54, 1.807) is 14.2 Å². The molecule has 0 amide bonds. The molecule has 4 nitrogen and oxygen atoms in total. The van der Waals surface area contributed by atoms with E-state index in [4.69, 9.17) is 14.2 Å². The molecule has 1 saturated heterocycles. The molecule has 1 aromatic carbocycles. The fourth-order valence-electron chi connectivity index (χ4n) is 3.83. The first kappa shape index (κ1) is 15.8. The molecule has 0 spiro atoms. The van der Waals surface area contributed by atoms with Crippen molar-refractivity contribution >= 4 is 0 Å². The third-order valence-electron chi connectivity index (χ3n) is 5.01. The van der Waals surface area contributed by atoms with Crippen LogP contribution in [0.25, 0.3) is 0 Å². The van der Waals surface area contributed by atoms with Crippen molar-refractivity contribution in [1.29, 1.82) is 0 Å². The van der Waals surface area contributed by atoms with Crippen molar-refractivity contribution in [2.75, 3.05) is 27.6 Å². The zero-order valence-corrected chi connectivity index (χ0v) is 13.7. The van der Waals surface area contributed by atoms with Crippen LogP contribution in [0.5, 0.6) is 5.75 Å². The van der Waals surface area contributed by atoms with E-state index in [1.165, 1.54) is 37.7 Å². The van der Waals surface area contributed by atoms with Crippen LogP contribution >= 0.6 is 0 Å². The SMILES string of the molecule is COc1cccc([C@@H]2[C@H](OC)COCN2C2CCCCC2)c1. The smallest absolute Gasteiger partial charge is 0.119 e. The van der Waals surface area contributed by atoms with Gasteiger partial charge in [0.15, 0.2) is 0 Å². The molecule has 2 atom stereocenters. The Morgan fingerprint density at radius 2 is 1.95 bits per heavy atom. The summed E-state index contributed by atoms with van der Waals surface area (Å²) in [6.45, 7) is 1.36. The van der Waals surface area contributed by atoms with E-state index in [0.29, 0.717) is 19.4 Å². The van der Waals surface area contributed by atoms with Crippen molar-refractivity contribution in [3.05, 3.63) is 29.8 Å². The highest BCUT2D eigenvalue weighted by atomic mass is 16.5. The second-order valence-corrected chi connectivity index (χ2v) is 6.30. The molecule has 1 saturated carbocycles. The molecule has 2 aliphatic rings. The number of benzene rings is 1. The molecule has 1 aliphatic heterocycles. The Bertz CT molecular complexity index is 473. The van der Waals surface area contributed by atoms with Gasteiger partial charge in [-0.05, 0) is 30.5 Å². The standard InChI is InChI=1S/C18H27NO3/c1-20-16-10-6-7-14(11-16)18-17(21-2)12-22-13-19(18)15-8-4-3-5-9-15/h6-7,10-11,15,17-18H,3-5,8-9,12-13H2,1-2H3/t17-,18-/m1/s1. The van der Waals surface area contributed by atoms with Gasteiger partial charge in [0, 0.05) is 13.2 Å². The van der Waals surface area contributed by atoms with Gasteiger partial charge in [-0.25, -0.2) is 0 Å². The molecule has 0 radical (unpaired) electrons. The molecule has 0 unspecified atom stereocenters. The van der Waals surface area contributed by atoms with Gasteiger partial charge in [0.2, 0.25) is 0 Å². The van der Waals surface area contributed by atoms with Gasteiger partial charge in [-0.3, -0.25) is 4.90 Å². The fraction of sp³-hybridized carbons (Fsp3) is 0.667. The molecule has 1 aliphatic carbocycles. The van der Waals surface area contributed by atoms with Gasteiger partial charge in [0.1, 0.15) is 11.9 Å². The molecule has 1 heterocycles. The van der Waals surface area contributed by atoms with E-state index in [2.05, 4.69) is 23.1 Å². The predicted octanol–water partition coefficient (Wildman–Crippen LogP) is 3.37. The highest BCUT2D eigenvalue weighted by Gasteiger charge is 2.37. The molecule has 0 N–H and O–H groups in total. The molecule has 0 aromatic heterocycles. The third kappa shape index (κ3) is 3.29. The summed E-state index contributed by atoms with van der Waals surface area (Å²) in [7, 11) is 3.50. The largest absolute Gasteiger partial charge is 0.497 e. The Hall–Kier alpha value is -1.10. The zero-order valence-electron chi connectivity index (χ0n) is 13.7. The van der Waals surface area contributed by atoms with Crippen LogP contribution < -0.4 is 4.74 Å². The average Bonchev–Trinajstić information content (AvgIpc) is 2.61. The molecule has 4 heteroatoms. The monoisotopic (exact) mass is 305 g/mol. The van der Waals surface area contributed by atoms with E-state index >= 15 is 0 Å². The summed E-state index contributed by atoms with van der Waals surface area (Å²) >= 11 is 0. The number of nitrogens with zero attached hydrogens (tertiary/aromatic N) is 1. The maximum absolute atomic E-state index is 5.82. The van der Waals surface area contributed by atoms with E-state index in [9.17, 15) is 0 Å². The molecular formula is C18H27NO3. The second kappa shape index (κ2) is 7.44. The minimum absolute atomic E-state index is 0.0720. The van der Waals surface area contributed by atoms with Crippen molar-refractivity contribution in [3.8, 4) is 5.75 Å². The topological polar surface area (TPSA) is 30.9 Å². The van der Waals surface area contributed by atoms with Gasteiger partial charge in [0.05, 0.1) is 26.5 Å². The molecule has 0 bridgehead atoms. The van der Waals surface area contributed by atoms with Crippen LogP contribution in [0.15, 0.2) is 24.3 Å². The lowest BCUT2D eigenvalue weighted by atomic mass is 9.90. The normalized spacial score (nSPS) is 27.7. The Morgan fingerprint density at radius 3 is 2.68 bits per heavy atom. The summed E-state index contributed by atoms with van der Waals surface area (Å²) in [6.07, 6.45) is 6.61. The van der Waals surface area contributed by atoms with Crippen molar-refractivity contribution in [2.45, 2.75) is 50.3 Å². The molecule has 122 valence electrons. The zero-order chi connectivity index (χ0) is 15.4. The number of methoxy groups -OCH3 is 2. The lowest BCUT2D eigenvalue weighted by molar-refractivity contribution is -0.150. The van der Waals surface area contributed by atoms with E-state index in [1.807, 2.05) is 6.07 Å². The van der Waals surface area contributed by atoms with Gasteiger partial charge in [-0.15, -0.1) is 0 Å². The van der Waals surface area contributed by atoms with E-state index in [-0.39, 0.29) is 12.1 Å². The summed E-state index contributed by atoms with van der Waals surface area (Å²) in [4.78, 5) is 2.51. The second-order valence-electron chi connectivity index (χ2n) is 6.30. The lowest BCUT2D eigenvalue weighted by Crippen LogP contribution is -2.51. The van der Waals surface area contributed by atoms with Crippen molar-refractivity contribution < 1.29 is 14.2 Å². The molecule has 22 heavy (non-hydrogen) atoms. The summed E-state index contributed by atoms with van der Waals surface area (Å²) in [5.74, 6) is 0.905. The third-order valence-corrected chi connectivity index (χ3v) is 5.01. The number of ether oxygens (including phenoxy) is 3. The Balaban J connectivity index is 1.88. The van der Waals surface area contributed by atoms with Crippen molar-refractivity contribution in [3.63, 3.8) is 0 Å². The minimum Gasteiger partial charge on any atom is -0.497 e. The molecule has 1 aromatic rings. The maximum Gasteiger partial charge on any atom is 0.119 e. The highest BCUT2D eigenvalue weighted by molar-refractivity contribution is 5.31.